The van der Waals surface area contributed by atoms with Crippen LogP contribution >= 0.6 is 0 Å². The number of ether oxygens (including phenoxy) is 2. The number of nitrogens with zero attached hydrogens (tertiary/aromatic N) is 3. The lowest BCUT2D eigenvalue weighted by Crippen LogP contribution is -2.10. The quantitative estimate of drug-likeness (QED) is 0.539. The summed E-state index contributed by atoms with van der Waals surface area (Å²) < 4.78 is 16.8. The molecule has 0 atom stereocenters. The highest BCUT2D eigenvalue weighted by Crippen LogP contribution is 2.20. The minimum Gasteiger partial charge on any atom is -0.508 e. The van der Waals surface area contributed by atoms with E-state index in [1.54, 1.807) is 25.4 Å². The molecule has 0 aliphatic heterocycles. The Bertz CT molecular complexity index is 871. The largest absolute Gasteiger partial charge is 0.508 e. The van der Waals surface area contributed by atoms with Crippen LogP contribution in [0.25, 0.3) is 16.7 Å². The van der Waals surface area contributed by atoms with Crippen molar-refractivity contribution in [2.75, 3.05) is 20.3 Å². The van der Waals surface area contributed by atoms with E-state index in [1.807, 2.05) is 0 Å². The summed E-state index contributed by atoms with van der Waals surface area (Å²) in [7, 11) is 1.60. The van der Waals surface area contributed by atoms with Crippen LogP contribution in [0.3, 0.4) is 0 Å². The van der Waals surface area contributed by atoms with Crippen LogP contribution in [0.1, 0.15) is 5.69 Å². The summed E-state index contributed by atoms with van der Waals surface area (Å²) in [6, 6.07) is 6.19. The zero-order chi connectivity index (χ0) is 16.2. The maximum Gasteiger partial charge on any atom is 0.362 e. The highest BCUT2D eigenvalue weighted by Gasteiger charge is 2.10. The smallest absolute Gasteiger partial charge is 0.362 e. The van der Waals surface area contributed by atoms with Crippen LogP contribution < -0.4 is 5.63 Å². The molecule has 0 spiro atoms. The minimum absolute atomic E-state index is 0.0321. The van der Waals surface area contributed by atoms with Gasteiger partial charge in [0.15, 0.2) is 5.69 Å². The summed E-state index contributed by atoms with van der Waals surface area (Å²) in [4.78, 5) is 12.1. The van der Waals surface area contributed by atoms with Crippen LogP contribution in [-0.4, -0.2) is 40.4 Å². The monoisotopic (exact) mass is 317 g/mol. The van der Waals surface area contributed by atoms with Crippen LogP contribution in [0.2, 0.25) is 0 Å². The van der Waals surface area contributed by atoms with E-state index in [9.17, 15) is 9.90 Å². The summed E-state index contributed by atoms with van der Waals surface area (Å²) in [6.07, 6.45) is 1.60. The van der Waals surface area contributed by atoms with Gasteiger partial charge in [0.1, 0.15) is 17.0 Å². The Morgan fingerprint density at radius 2 is 2.17 bits per heavy atom. The molecular weight excluding hydrogens is 302 g/mol. The third-order valence-corrected chi connectivity index (χ3v) is 3.17. The van der Waals surface area contributed by atoms with Gasteiger partial charge < -0.3 is 19.0 Å². The minimum atomic E-state index is -0.570. The van der Waals surface area contributed by atoms with Crippen molar-refractivity contribution in [1.82, 2.24) is 15.0 Å². The number of hydrogen-bond acceptors (Lipinski definition) is 7. The van der Waals surface area contributed by atoms with Crippen molar-refractivity contribution in [3.8, 4) is 11.4 Å². The molecule has 2 aromatic heterocycles. The first-order valence-corrected chi connectivity index (χ1v) is 6.92. The van der Waals surface area contributed by atoms with Gasteiger partial charge in [-0.1, -0.05) is 5.21 Å². The SMILES string of the molecule is COCCOCc1cn(-c2cc3ccc(O)cc3oc2=O)nn1. The normalized spacial score (nSPS) is 11.2. The van der Waals surface area contributed by atoms with Gasteiger partial charge in [-0.15, -0.1) is 5.10 Å². The van der Waals surface area contributed by atoms with Crippen LogP contribution in [0.15, 0.2) is 39.7 Å². The molecule has 0 amide bonds. The van der Waals surface area contributed by atoms with Gasteiger partial charge in [-0.3, -0.25) is 0 Å². The first kappa shape index (κ1) is 15.2. The molecule has 8 heteroatoms. The molecule has 120 valence electrons. The average Bonchev–Trinajstić information content (AvgIpc) is 2.99. The van der Waals surface area contributed by atoms with Gasteiger partial charge in [0.25, 0.3) is 0 Å². The van der Waals surface area contributed by atoms with Crippen molar-refractivity contribution in [1.29, 1.82) is 0 Å². The molecule has 8 nitrogen and oxygen atoms in total. The van der Waals surface area contributed by atoms with Crippen molar-refractivity contribution in [3.63, 3.8) is 0 Å². The molecule has 0 fully saturated rings. The van der Waals surface area contributed by atoms with E-state index in [1.165, 1.54) is 16.8 Å². The lowest BCUT2D eigenvalue weighted by atomic mass is 10.2. The number of benzene rings is 1. The molecule has 0 saturated heterocycles. The molecule has 0 saturated carbocycles. The van der Waals surface area contributed by atoms with Gasteiger partial charge in [0.05, 0.1) is 26.0 Å². The number of fused-ring (bicyclic) bond motifs is 1. The number of aromatic nitrogens is 3. The first-order valence-electron chi connectivity index (χ1n) is 6.92. The number of hydrogen-bond donors (Lipinski definition) is 1. The average molecular weight is 317 g/mol. The van der Waals surface area contributed by atoms with E-state index >= 15 is 0 Å². The van der Waals surface area contributed by atoms with Gasteiger partial charge in [-0.25, -0.2) is 9.48 Å². The van der Waals surface area contributed by atoms with E-state index < -0.39 is 5.63 Å². The lowest BCUT2D eigenvalue weighted by Gasteiger charge is -2.02. The number of phenols is 1. The molecule has 1 N–H and O–H groups in total. The summed E-state index contributed by atoms with van der Waals surface area (Å²) in [6.45, 7) is 1.22. The lowest BCUT2D eigenvalue weighted by molar-refractivity contribution is 0.0602. The van der Waals surface area contributed by atoms with Crippen molar-refractivity contribution < 1.29 is 19.0 Å². The molecule has 1 aromatic carbocycles. The summed E-state index contributed by atoms with van der Waals surface area (Å²) in [5.74, 6) is 0.0321. The van der Waals surface area contributed by atoms with E-state index in [4.69, 9.17) is 13.9 Å². The molecule has 3 aromatic rings. The van der Waals surface area contributed by atoms with E-state index in [-0.39, 0.29) is 18.0 Å². The fourth-order valence-corrected chi connectivity index (χ4v) is 2.05. The molecule has 0 aliphatic rings. The van der Waals surface area contributed by atoms with Gasteiger partial charge in [-0.05, 0) is 18.2 Å². The standard InChI is InChI=1S/C15H15N3O5/c1-21-4-5-22-9-11-8-18(17-16-11)13-6-10-2-3-12(19)7-14(10)23-15(13)20/h2-3,6-8,19H,4-5,9H2,1H3. The molecule has 0 radical (unpaired) electrons. The maximum absolute atomic E-state index is 12.1. The molecular formula is C15H15N3O5. The second-order valence-electron chi connectivity index (χ2n) is 4.84. The highest BCUT2D eigenvalue weighted by molar-refractivity contribution is 5.79. The zero-order valence-corrected chi connectivity index (χ0v) is 12.4. The van der Waals surface area contributed by atoms with Crippen LogP contribution in [0, 0.1) is 0 Å². The Kier molecular flexibility index (Phi) is 4.35. The fraction of sp³-hybridized carbons (Fsp3) is 0.267. The second-order valence-corrected chi connectivity index (χ2v) is 4.84. The Morgan fingerprint density at radius 3 is 3.00 bits per heavy atom. The van der Waals surface area contributed by atoms with Gasteiger partial charge in [0, 0.05) is 18.6 Å². The van der Waals surface area contributed by atoms with Crippen molar-refractivity contribution >= 4 is 11.0 Å². The molecule has 0 aliphatic carbocycles. The van der Waals surface area contributed by atoms with Gasteiger partial charge >= 0.3 is 5.63 Å². The van der Waals surface area contributed by atoms with E-state index in [2.05, 4.69) is 10.3 Å². The summed E-state index contributed by atoms with van der Waals surface area (Å²) in [5.41, 5.74) is 0.562. The molecule has 2 heterocycles. The number of methoxy groups -OCH3 is 1. The Balaban J connectivity index is 1.85. The third kappa shape index (κ3) is 3.38. The molecule has 0 unspecified atom stereocenters. The topological polar surface area (TPSA) is 99.6 Å². The number of aromatic hydroxyl groups is 1. The number of rotatable bonds is 6. The highest BCUT2D eigenvalue weighted by atomic mass is 16.5. The van der Waals surface area contributed by atoms with E-state index in [0.29, 0.717) is 29.9 Å². The Hall–Kier alpha value is -2.71. The summed E-state index contributed by atoms with van der Waals surface area (Å²) >= 11 is 0. The first-order chi connectivity index (χ1) is 11.2. The predicted molar refractivity (Wildman–Crippen MR) is 80.6 cm³/mol. The predicted octanol–water partition coefficient (Wildman–Crippen LogP) is 1.24. The molecule has 3 rings (SSSR count). The fourth-order valence-electron chi connectivity index (χ4n) is 2.05. The van der Waals surface area contributed by atoms with Crippen molar-refractivity contribution in [2.24, 2.45) is 0 Å². The maximum atomic E-state index is 12.1. The zero-order valence-electron chi connectivity index (χ0n) is 12.4. The third-order valence-electron chi connectivity index (χ3n) is 3.17. The molecule has 23 heavy (non-hydrogen) atoms. The second kappa shape index (κ2) is 6.59. The summed E-state index contributed by atoms with van der Waals surface area (Å²) in [5, 5.41) is 18.0. The van der Waals surface area contributed by atoms with E-state index in [0.717, 1.165) is 0 Å². The molecule has 0 bridgehead atoms. The van der Waals surface area contributed by atoms with Crippen LogP contribution in [0.4, 0.5) is 0 Å². The van der Waals surface area contributed by atoms with Crippen LogP contribution in [-0.2, 0) is 16.1 Å². The Morgan fingerprint density at radius 1 is 1.30 bits per heavy atom. The van der Waals surface area contributed by atoms with Gasteiger partial charge in [-0.2, -0.15) is 0 Å². The van der Waals surface area contributed by atoms with Crippen molar-refractivity contribution in [3.05, 3.63) is 46.6 Å². The van der Waals surface area contributed by atoms with Crippen LogP contribution in [0.5, 0.6) is 5.75 Å². The van der Waals surface area contributed by atoms with Crippen molar-refractivity contribution in [2.45, 2.75) is 6.61 Å². The number of phenolic OH excluding ortho intramolecular Hbond substituents is 1. The van der Waals surface area contributed by atoms with Gasteiger partial charge in [0.2, 0.25) is 0 Å². The Labute approximate surface area is 130 Å².